The summed E-state index contributed by atoms with van der Waals surface area (Å²) in [7, 11) is 0. The molecule has 1 aliphatic rings. The quantitative estimate of drug-likeness (QED) is 0.743. The summed E-state index contributed by atoms with van der Waals surface area (Å²) in [6, 6.07) is 2.36. The van der Waals surface area contributed by atoms with Gasteiger partial charge < -0.3 is 20.0 Å². The minimum absolute atomic E-state index is 0.313. The van der Waals surface area contributed by atoms with Gasteiger partial charge in [0.2, 0.25) is 0 Å². The molecule has 0 spiro atoms. The Labute approximate surface area is 115 Å². The van der Waals surface area contributed by atoms with E-state index in [2.05, 4.69) is 19.5 Å². The predicted molar refractivity (Wildman–Crippen MR) is 76.4 cm³/mol. The summed E-state index contributed by atoms with van der Waals surface area (Å²) >= 11 is 0. The number of hydrogen-bond acceptors (Lipinski definition) is 4. The van der Waals surface area contributed by atoms with E-state index in [1.54, 1.807) is 0 Å². The molecule has 6 nitrogen and oxygen atoms in total. The van der Waals surface area contributed by atoms with Gasteiger partial charge in [-0.3, -0.25) is 0 Å². The second-order valence-electron chi connectivity index (χ2n) is 5.21. The molecule has 0 saturated carbocycles. The highest BCUT2D eigenvalue weighted by Gasteiger charge is 2.23. The van der Waals surface area contributed by atoms with Gasteiger partial charge in [-0.15, -0.1) is 0 Å². The maximum Gasteiger partial charge on any atom is 0.139 e. The maximum absolute atomic E-state index is 5.89. The van der Waals surface area contributed by atoms with Crippen LogP contribution in [-0.2, 0) is 11.3 Å². The average Bonchev–Trinajstić information content (AvgIpc) is 3.11. The van der Waals surface area contributed by atoms with Crippen molar-refractivity contribution in [2.75, 3.05) is 13.2 Å². The molecule has 20 heavy (non-hydrogen) atoms. The Balaban J connectivity index is 2.01. The third kappa shape index (κ3) is 1.65. The van der Waals surface area contributed by atoms with E-state index in [1.807, 2.05) is 18.5 Å². The highest BCUT2D eigenvalue weighted by molar-refractivity contribution is 6.01. The van der Waals surface area contributed by atoms with Gasteiger partial charge in [0, 0.05) is 18.2 Å². The van der Waals surface area contributed by atoms with Crippen molar-refractivity contribution in [2.45, 2.75) is 25.4 Å². The van der Waals surface area contributed by atoms with Crippen molar-refractivity contribution in [1.29, 1.82) is 0 Å². The van der Waals surface area contributed by atoms with E-state index >= 15 is 0 Å². The second-order valence-corrected chi connectivity index (χ2v) is 5.21. The lowest BCUT2D eigenvalue weighted by Crippen LogP contribution is -2.23. The number of aromatic amines is 1. The van der Waals surface area contributed by atoms with Crippen LogP contribution in [0.2, 0.25) is 0 Å². The van der Waals surface area contributed by atoms with Crippen LogP contribution in [0.3, 0.4) is 0 Å². The Morgan fingerprint density at radius 2 is 2.45 bits per heavy atom. The first-order valence-electron chi connectivity index (χ1n) is 6.99. The lowest BCUT2D eigenvalue weighted by molar-refractivity contribution is 0.0596. The van der Waals surface area contributed by atoms with Crippen molar-refractivity contribution in [1.82, 2.24) is 19.5 Å². The van der Waals surface area contributed by atoms with Crippen LogP contribution < -0.4 is 5.73 Å². The minimum Gasteiger partial charge on any atom is -0.379 e. The van der Waals surface area contributed by atoms with E-state index in [9.17, 15) is 0 Å². The molecule has 4 heterocycles. The van der Waals surface area contributed by atoms with Crippen molar-refractivity contribution < 1.29 is 4.74 Å². The molecule has 1 unspecified atom stereocenters. The van der Waals surface area contributed by atoms with Crippen LogP contribution in [0.4, 0.5) is 0 Å². The zero-order valence-electron chi connectivity index (χ0n) is 11.2. The molecule has 1 aliphatic heterocycles. The van der Waals surface area contributed by atoms with E-state index in [-0.39, 0.29) is 0 Å². The lowest BCUT2D eigenvalue weighted by atomic mass is 10.1. The SMILES string of the molecule is NCc1nc2cnc3[nH]ccc3c2n1C1CCCOC1. The molecule has 0 amide bonds. The summed E-state index contributed by atoms with van der Waals surface area (Å²) < 4.78 is 7.89. The first-order valence-corrected chi connectivity index (χ1v) is 6.99. The molecule has 0 radical (unpaired) electrons. The Morgan fingerprint density at radius 1 is 1.50 bits per heavy atom. The van der Waals surface area contributed by atoms with E-state index in [0.717, 1.165) is 53.9 Å². The van der Waals surface area contributed by atoms with Crippen molar-refractivity contribution in [2.24, 2.45) is 5.73 Å². The Kier molecular flexibility index (Phi) is 2.71. The summed E-state index contributed by atoms with van der Waals surface area (Å²) in [5.41, 5.74) is 8.80. The molecule has 3 N–H and O–H groups in total. The van der Waals surface area contributed by atoms with Crippen LogP contribution in [-0.4, -0.2) is 32.7 Å². The summed E-state index contributed by atoms with van der Waals surface area (Å²) in [5, 5.41) is 1.10. The molecule has 1 fully saturated rings. The third-order valence-corrected chi connectivity index (χ3v) is 3.99. The fraction of sp³-hybridized carbons (Fsp3) is 0.429. The van der Waals surface area contributed by atoms with Gasteiger partial charge in [0.15, 0.2) is 0 Å². The average molecular weight is 271 g/mol. The first kappa shape index (κ1) is 11.9. The maximum atomic E-state index is 5.89. The number of pyridine rings is 1. The Morgan fingerprint density at radius 3 is 3.25 bits per heavy atom. The minimum atomic E-state index is 0.313. The van der Waals surface area contributed by atoms with Gasteiger partial charge in [0.25, 0.3) is 0 Å². The summed E-state index contributed by atoms with van der Waals surface area (Å²) in [5.74, 6) is 0.908. The van der Waals surface area contributed by atoms with Gasteiger partial charge in [0.1, 0.15) is 17.0 Å². The predicted octanol–water partition coefficient (Wildman–Crippen LogP) is 1.72. The smallest absolute Gasteiger partial charge is 0.139 e. The van der Waals surface area contributed by atoms with Crippen LogP contribution in [0.5, 0.6) is 0 Å². The standard InChI is InChI=1S/C14H17N5O/c15-6-12-18-11-7-17-14-10(3-4-16-14)13(11)19(12)9-2-1-5-20-8-9/h3-4,7,9H,1-2,5-6,8,15H2,(H,16,17). The second kappa shape index (κ2) is 4.57. The zero-order valence-corrected chi connectivity index (χ0v) is 11.2. The van der Waals surface area contributed by atoms with Gasteiger partial charge in [-0.2, -0.15) is 0 Å². The largest absolute Gasteiger partial charge is 0.379 e. The van der Waals surface area contributed by atoms with Gasteiger partial charge in [-0.25, -0.2) is 9.97 Å². The number of nitrogens with one attached hydrogen (secondary N) is 1. The molecule has 4 rings (SSSR count). The molecular weight excluding hydrogens is 254 g/mol. The summed E-state index contributed by atoms with van der Waals surface area (Å²) in [6.07, 6.45) is 5.91. The zero-order chi connectivity index (χ0) is 13.5. The third-order valence-electron chi connectivity index (χ3n) is 3.99. The monoisotopic (exact) mass is 271 g/mol. The van der Waals surface area contributed by atoms with Gasteiger partial charge in [-0.1, -0.05) is 0 Å². The molecule has 6 heteroatoms. The topological polar surface area (TPSA) is 81.8 Å². The van der Waals surface area contributed by atoms with Crippen molar-refractivity contribution in [3.05, 3.63) is 24.3 Å². The van der Waals surface area contributed by atoms with Crippen LogP contribution in [0.25, 0.3) is 22.1 Å². The molecule has 0 bridgehead atoms. The van der Waals surface area contributed by atoms with Gasteiger partial charge in [-0.05, 0) is 18.9 Å². The number of H-pyrrole nitrogens is 1. The van der Waals surface area contributed by atoms with Crippen molar-refractivity contribution in [3.63, 3.8) is 0 Å². The number of hydrogen-bond donors (Lipinski definition) is 2. The van der Waals surface area contributed by atoms with E-state index < -0.39 is 0 Å². The van der Waals surface area contributed by atoms with Crippen LogP contribution in [0, 0.1) is 0 Å². The highest BCUT2D eigenvalue weighted by atomic mass is 16.5. The fourth-order valence-corrected chi connectivity index (χ4v) is 3.10. The molecule has 1 atom stereocenters. The Bertz CT molecular complexity index is 753. The molecule has 3 aromatic heterocycles. The van der Waals surface area contributed by atoms with E-state index in [4.69, 9.17) is 10.5 Å². The molecular formula is C14H17N5O. The van der Waals surface area contributed by atoms with Crippen LogP contribution in [0.1, 0.15) is 24.7 Å². The number of rotatable bonds is 2. The summed E-state index contributed by atoms with van der Waals surface area (Å²) in [6.45, 7) is 2.01. The fourth-order valence-electron chi connectivity index (χ4n) is 3.10. The van der Waals surface area contributed by atoms with Crippen molar-refractivity contribution in [3.8, 4) is 0 Å². The number of imidazole rings is 1. The molecule has 3 aromatic rings. The molecule has 104 valence electrons. The summed E-state index contributed by atoms with van der Waals surface area (Å²) in [4.78, 5) is 12.2. The van der Waals surface area contributed by atoms with E-state index in [1.165, 1.54) is 0 Å². The number of fused-ring (bicyclic) bond motifs is 3. The van der Waals surface area contributed by atoms with Crippen LogP contribution in [0.15, 0.2) is 18.5 Å². The van der Waals surface area contributed by atoms with E-state index in [0.29, 0.717) is 12.6 Å². The lowest BCUT2D eigenvalue weighted by Gasteiger charge is -2.25. The highest BCUT2D eigenvalue weighted by Crippen LogP contribution is 2.30. The molecule has 0 aliphatic carbocycles. The number of nitrogens with zero attached hydrogens (tertiary/aromatic N) is 3. The molecule has 0 aromatic carbocycles. The Hall–Kier alpha value is -1.92. The molecule has 1 saturated heterocycles. The normalized spacial score (nSPS) is 19.9. The van der Waals surface area contributed by atoms with Crippen LogP contribution >= 0.6 is 0 Å². The van der Waals surface area contributed by atoms with Gasteiger partial charge >= 0.3 is 0 Å². The van der Waals surface area contributed by atoms with Gasteiger partial charge in [0.05, 0.1) is 30.9 Å². The number of aromatic nitrogens is 4. The number of ether oxygens (including phenoxy) is 1. The van der Waals surface area contributed by atoms with Crippen molar-refractivity contribution >= 4 is 22.1 Å². The number of nitrogens with two attached hydrogens (primary N) is 1. The first-order chi connectivity index (χ1) is 9.88.